The third kappa shape index (κ3) is 4.41. The van der Waals surface area contributed by atoms with E-state index in [-0.39, 0.29) is 23.7 Å². The summed E-state index contributed by atoms with van der Waals surface area (Å²) in [6.45, 7) is 2.35. The molecule has 2 amide bonds. The number of benzene rings is 2. The molecule has 9 heteroatoms. The number of nitrogens with zero attached hydrogens (tertiary/aromatic N) is 3. The molecule has 3 N–H and O–H groups in total. The molecule has 1 unspecified atom stereocenters. The number of rotatable bonds is 6. The summed E-state index contributed by atoms with van der Waals surface area (Å²) >= 11 is 0. The van der Waals surface area contributed by atoms with Crippen LogP contribution in [0.1, 0.15) is 34.5 Å². The van der Waals surface area contributed by atoms with Crippen molar-refractivity contribution in [1.29, 1.82) is 0 Å². The van der Waals surface area contributed by atoms with Crippen LogP contribution < -0.4 is 20.9 Å². The van der Waals surface area contributed by atoms with Gasteiger partial charge in [0.25, 0.3) is 5.91 Å². The molecule has 0 bridgehead atoms. The number of carbonyl (C=O) groups is 2. The average molecular weight is 461 g/mol. The lowest BCUT2D eigenvalue weighted by Crippen LogP contribution is -2.48. The molecule has 1 saturated carbocycles. The first-order valence-corrected chi connectivity index (χ1v) is 11.2. The molecule has 2 aromatic carbocycles. The first-order valence-electron chi connectivity index (χ1n) is 11.2. The molecule has 2 aliphatic rings. The van der Waals surface area contributed by atoms with E-state index in [0.29, 0.717) is 41.0 Å². The van der Waals surface area contributed by atoms with Gasteiger partial charge in [-0.25, -0.2) is 9.37 Å². The number of likely N-dealkylation sites (N-methyl/N-ethyl adjacent to an activating group) is 1. The Balaban J connectivity index is 1.24. The second kappa shape index (κ2) is 8.74. The van der Waals surface area contributed by atoms with Crippen LogP contribution in [-0.4, -0.2) is 34.9 Å². The van der Waals surface area contributed by atoms with Crippen molar-refractivity contribution in [1.82, 2.24) is 9.97 Å². The molecule has 174 valence electrons. The molecule has 0 saturated heterocycles. The van der Waals surface area contributed by atoms with Gasteiger partial charge >= 0.3 is 0 Å². The minimum Gasteiger partial charge on any atom is -0.350 e. The summed E-state index contributed by atoms with van der Waals surface area (Å²) in [4.78, 5) is 35.9. The van der Waals surface area contributed by atoms with Crippen LogP contribution in [0.5, 0.6) is 0 Å². The van der Waals surface area contributed by atoms with Crippen molar-refractivity contribution in [2.75, 3.05) is 27.9 Å². The third-order valence-electron chi connectivity index (χ3n) is 6.18. The predicted octanol–water partition coefficient (Wildman–Crippen LogP) is 3.96. The fourth-order valence-electron chi connectivity index (χ4n) is 4.18. The van der Waals surface area contributed by atoms with E-state index in [1.54, 1.807) is 12.1 Å². The number of hydrogen-bond donors (Lipinski definition) is 3. The van der Waals surface area contributed by atoms with Gasteiger partial charge in [0.1, 0.15) is 17.5 Å². The lowest BCUT2D eigenvalue weighted by molar-refractivity contribution is -0.118. The summed E-state index contributed by atoms with van der Waals surface area (Å²) in [5.74, 6) is 0.923. The zero-order valence-electron chi connectivity index (χ0n) is 18.9. The predicted molar refractivity (Wildman–Crippen MR) is 128 cm³/mol. The SMILES string of the molecule is Cc1nc(NCc2ccc(NC(=O)c3ccc(F)cc3)cc2)nc2c1NC(=O)C(C1CC1)N2C. The lowest BCUT2D eigenvalue weighted by Gasteiger charge is -2.35. The first kappa shape index (κ1) is 21.8. The number of fused-ring (bicyclic) bond motifs is 1. The van der Waals surface area contributed by atoms with Crippen LogP contribution in [-0.2, 0) is 11.3 Å². The normalized spacial score (nSPS) is 17.1. The Morgan fingerprint density at radius 2 is 1.82 bits per heavy atom. The van der Waals surface area contributed by atoms with Crippen molar-refractivity contribution in [2.45, 2.75) is 32.4 Å². The van der Waals surface area contributed by atoms with E-state index in [1.807, 2.05) is 31.0 Å². The Labute approximate surface area is 196 Å². The molecule has 0 spiro atoms. The highest BCUT2D eigenvalue weighted by atomic mass is 19.1. The van der Waals surface area contributed by atoms with Crippen LogP contribution in [0.2, 0.25) is 0 Å². The molecule has 3 aromatic rings. The smallest absolute Gasteiger partial charge is 0.255 e. The topological polar surface area (TPSA) is 99.2 Å². The van der Waals surface area contributed by atoms with Crippen molar-refractivity contribution < 1.29 is 14.0 Å². The molecule has 1 aliphatic heterocycles. The van der Waals surface area contributed by atoms with Gasteiger partial charge in [0, 0.05) is 24.8 Å². The van der Waals surface area contributed by atoms with Crippen molar-refractivity contribution in [3.63, 3.8) is 0 Å². The molecule has 8 nitrogen and oxygen atoms in total. The number of amides is 2. The summed E-state index contributed by atoms with van der Waals surface area (Å²) in [7, 11) is 1.91. The van der Waals surface area contributed by atoms with Gasteiger partial charge in [-0.1, -0.05) is 12.1 Å². The zero-order chi connectivity index (χ0) is 23.8. The summed E-state index contributed by atoms with van der Waals surface area (Å²) < 4.78 is 13.0. The maximum absolute atomic E-state index is 13.0. The number of aryl methyl sites for hydroxylation is 1. The number of nitrogens with one attached hydrogen (secondary N) is 3. The Morgan fingerprint density at radius 3 is 2.50 bits per heavy atom. The lowest BCUT2D eigenvalue weighted by atomic mass is 10.1. The molecular formula is C25H25FN6O2. The van der Waals surface area contributed by atoms with E-state index in [1.165, 1.54) is 24.3 Å². The molecule has 34 heavy (non-hydrogen) atoms. The Hall–Kier alpha value is -4.01. The van der Waals surface area contributed by atoms with E-state index in [2.05, 4.69) is 25.9 Å². The van der Waals surface area contributed by atoms with Gasteiger partial charge in [0.05, 0.1) is 5.69 Å². The van der Waals surface area contributed by atoms with Crippen molar-refractivity contribution in [2.24, 2.45) is 5.92 Å². The highest BCUT2D eigenvalue weighted by Crippen LogP contribution is 2.41. The van der Waals surface area contributed by atoms with Crippen LogP contribution in [0.15, 0.2) is 48.5 Å². The third-order valence-corrected chi connectivity index (χ3v) is 6.18. The number of halogens is 1. The Morgan fingerprint density at radius 1 is 1.12 bits per heavy atom. The molecule has 2 heterocycles. The fraction of sp³-hybridized carbons (Fsp3) is 0.280. The van der Waals surface area contributed by atoms with Crippen LogP contribution in [0.3, 0.4) is 0 Å². The van der Waals surface area contributed by atoms with Crippen LogP contribution in [0.4, 0.5) is 27.5 Å². The number of anilines is 4. The largest absolute Gasteiger partial charge is 0.350 e. The molecule has 1 aromatic heterocycles. The maximum Gasteiger partial charge on any atom is 0.255 e. The standard InChI is InChI=1S/C25H25FN6O2/c1-14-20-22(32(2)21(16-5-6-16)24(34)30-20)31-25(28-14)27-13-15-3-11-19(12-4-15)29-23(33)17-7-9-18(26)10-8-17/h3-4,7-12,16,21H,5-6,13H2,1-2H3,(H,29,33)(H,30,34)(H,27,28,31). The van der Waals surface area contributed by atoms with Gasteiger partial charge in [-0.05, 0) is 67.6 Å². The summed E-state index contributed by atoms with van der Waals surface area (Å²) in [5, 5.41) is 9.03. The van der Waals surface area contributed by atoms with Gasteiger partial charge < -0.3 is 20.9 Å². The minimum atomic E-state index is -0.384. The van der Waals surface area contributed by atoms with E-state index in [0.717, 1.165) is 24.2 Å². The van der Waals surface area contributed by atoms with Crippen molar-refractivity contribution in [3.8, 4) is 0 Å². The van der Waals surface area contributed by atoms with Crippen molar-refractivity contribution in [3.05, 3.63) is 71.2 Å². The molecule has 1 fully saturated rings. The monoisotopic (exact) mass is 460 g/mol. The number of aromatic nitrogens is 2. The summed E-state index contributed by atoms with van der Waals surface area (Å²) in [6.07, 6.45) is 2.13. The summed E-state index contributed by atoms with van der Waals surface area (Å²) in [5.41, 5.74) is 3.38. The average Bonchev–Trinajstić information content (AvgIpc) is 3.65. The van der Waals surface area contributed by atoms with Gasteiger partial charge in [0.2, 0.25) is 11.9 Å². The number of hydrogen-bond acceptors (Lipinski definition) is 6. The molecule has 1 aliphatic carbocycles. The van der Waals surface area contributed by atoms with Crippen LogP contribution in [0, 0.1) is 18.7 Å². The van der Waals surface area contributed by atoms with E-state index >= 15 is 0 Å². The van der Waals surface area contributed by atoms with Crippen LogP contribution in [0.25, 0.3) is 0 Å². The highest BCUT2D eigenvalue weighted by molar-refractivity contribution is 6.04. The van der Waals surface area contributed by atoms with Gasteiger partial charge in [0.15, 0.2) is 5.82 Å². The van der Waals surface area contributed by atoms with Crippen molar-refractivity contribution >= 4 is 35.0 Å². The molecular weight excluding hydrogens is 435 g/mol. The Kier molecular flexibility index (Phi) is 5.61. The zero-order valence-corrected chi connectivity index (χ0v) is 18.9. The van der Waals surface area contributed by atoms with Gasteiger partial charge in [-0.15, -0.1) is 0 Å². The first-order chi connectivity index (χ1) is 16.4. The number of carbonyl (C=O) groups excluding carboxylic acids is 2. The summed E-state index contributed by atoms with van der Waals surface area (Å²) in [6, 6.07) is 12.6. The fourth-order valence-corrected chi connectivity index (χ4v) is 4.18. The van der Waals surface area contributed by atoms with Gasteiger partial charge in [-0.2, -0.15) is 4.98 Å². The second-order valence-electron chi connectivity index (χ2n) is 8.73. The highest BCUT2D eigenvalue weighted by Gasteiger charge is 2.43. The maximum atomic E-state index is 13.0. The molecule has 0 radical (unpaired) electrons. The van der Waals surface area contributed by atoms with E-state index < -0.39 is 0 Å². The quantitative estimate of drug-likeness (QED) is 0.515. The van der Waals surface area contributed by atoms with E-state index in [9.17, 15) is 14.0 Å². The Bertz CT molecular complexity index is 1240. The minimum absolute atomic E-state index is 0.0107. The van der Waals surface area contributed by atoms with Crippen LogP contribution >= 0.6 is 0 Å². The van der Waals surface area contributed by atoms with Gasteiger partial charge in [-0.3, -0.25) is 9.59 Å². The molecule has 5 rings (SSSR count). The molecule has 1 atom stereocenters. The van der Waals surface area contributed by atoms with E-state index in [4.69, 9.17) is 0 Å². The second-order valence-corrected chi connectivity index (χ2v) is 8.73.